The van der Waals surface area contributed by atoms with Gasteiger partial charge in [0.25, 0.3) is 11.5 Å². The molecule has 2 N–H and O–H groups in total. The van der Waals surface area contributed by atoms with Crippen LogP contribution in [0, 0.1) is 0 Å². The molecule has 2 aromatic carbocycles. The fourth-order valence-corrected chi connectivity index (χ4v) is 3.53. The van der Waals surface area contributed by atoms with Crippen LogP contribution >= 0.6 is 15.9 Å². The second-order valence-corrected chi connectivity index (χ2v) is 7.14. The third-order valence-corrected chi connectivity index (χ3v) is 4.96. The van der Waals surface area contributed by atoms with Crippen LogP contribution in [0.2, 0.25) is 0 Å². The van der Waals surface area contributed by atoms with Gasteiger partial charge in [0.1, 0.15) is 5.82 Å². The van der Waals surface area contributed by atoms with Gasteiger partial charge in [-0.2, -0.15) is 0 Å². The molecule has 0 atom stereocenters. The van der Waals surface area contributed by atoms with Gasteiger partial charge >= 0.3 is 0 Å². The summed E-state index contributed by atoms with van der Waals surface area (Å²) in [5.74, 6) is 0.157. The Hall–Kier alpha value is -2.77. The van der Waals surface area contributed by atoms with E-state index in [4.69, 9.17) is 0 Å². The van der Waals surface area contributed by atoms with Gasteiger partial charge in [-0.15, -0.1) is 0 Å². The lowest BCUT2D eigenvalue weighted by molar-refractivity contribution is -0.110. The van der Waals surface area contributed by atoms with Crippen LogP contribution in [0.5, 0.6) is 0 Å². The van der Waals surface area contributed by atoms with Gasteiger partial charge in [-0.25, -0.2) is 4.98 Å². The first-order valence-corrected chi connectivity index (χ1v) is 9.31. The van der Waals surface area contributed by atoms with E-state index in [0.717, 1.165) is 15.7 Å². The summed E-state index contributed by atoms with van der Waals surface area (Å²) in [5, 5.41) is 12.5. The fraction of sp³-hybridized carbons (Fsp3) is 0.150. The summed E-state index contributed by atoms with van der Waals surface area (Å²) in [5.41, 5.74) is 2.31. The molecule has 0 unspecified atom stereocenters. The van der Waals surface area contributed by atoms with Gasteiger partial charge in [0.15, 0.2) is 0 Å². The first-order valence-electron chi connectivity index (χ1n) is 8.52. The number of para-hydroxylation sites is 1. The molecule has 7 heteroatoms. The molecule has 0 saturated heterocycles. The molecule has 2 heterocycles. The number of anilines is 1. The monoisotopic (exact) mass is 425 g/mol. The lowest BCUT2D eigenvalue weighted by Crippen LogP contribution is -2.24. The number of fused-ring (bicyclic) bond motifs is 2. The average Bonchev–Trinajstić information content (AvgIpc) is 2.96. The van der Waals surface area contributed by atoms with Crippen molar-refractivity contribution in [3.8, 4) is 0 Å². The molecule has 0 spiro atoms. The first kappa shape index (κ1) is 17.6. The van der Waals surface area contributed by atoms with E-state index in [1.807, 2.05) is 24.3 Å². The van der Waals surface area contributed by atoms with Crippen molar-refractivity contribution in [3.05, 3.63) is 68.7 Å². The fourth-order valence-electron chi connectivity index (χ4n) is 3.17. The van der Waals surface area contributed by atoms with E-state index in [1.165, 1.54) is 4.57 Å². The number of rotatable bonds is 4. The summed E-state index contributed by atoms with van der Waals surface area (Å²) in [4.78, 5) is 30.0. The number of aliphatic hydroxyl groups is 1. The molecular formula is C20H16BrN3O3. The zero-order chi connectivity index (χ0) is 19.0. The van der Waals surface area contributed by atoms with E-state index in [0.29, 0.717) is 35.3 Å². The molecule has 1 aromatic heterocycles. The molecule has 0 aliphatic carbocycles. The number of carbonyl (C=O) groups excluding carboxylic acids is 1. The number of carbonyl (C=O) groups is 1. The van der Waals surface area contributed by atoms with Crippen LogP contribution in [-0.4, -0.2) is 27.2 Å². The van der Waals surface area contributed by atoms with Crippen molar-refractivity contribution >= 4 is 50.1 Å². The van der Waals surface area contributed by atoms with Crippen LogP contribution < -0.4 is 10.9 Å². The second-order valence-electron chi connectivity index (χ2n) is 6.22. The van der Waals surface area contributed by atoms with Crippen molar-refractivity contribution in [2.75, 3.05) is 11.9 Å². The summed E-state index contributed by atoms with van der Waals surface area (Å²) >= 11 is 3.43. The van der Waals surface area contributed by atoms with Crippen molar-refractivity contribution < 1.29 is 9.90 Å². The maximum Gasteiger partial charge on any atom is 0.261 e. The third-order valence-electron chi connectivity index (χ3n) is 4.47. The third kappa shape index (κ3) is 3.20. The number of nitrogens with zero attached hydrogens (tertiary/aromatic N) is 2. The number of hydrogen-bond acceptors (Lipinski definition) is 4. The molecule has 1 amide bonds. The van der Waals surface area contributed by atoms with Gasteiger partial charge < -0.3 is 10.4 Å². The van der Waals surface area contributed by atoms with Crippen molar-refractivity contribution in [1.29, 1.82) is 0 Å². The maximum absolute atomic E-state index is 12.9. The SMILES string of the molecule is O=C1Nc2ccc(Br)cc2/C1=C/c1nc2ccccc2c(=O)n1CCCO. The standard InChI is InChI=1S/C20H16BrN3O3/c21-12-6-7-17-14(10-12)15(19(26)23-17)11-18-22-16-5-2-1-4-13(16)20(27)24(18)8-3-9-25/h1-2,4-7,10-11,25H,3,8-9H2,(H,23,26)/b15-11-. The molecule has 0 radical (unpaired) electrons. The Bertz CT molecular complexity index is 1150. The summed E-state index contributed by atoms with van der Waals surface area (Å²) in [7, 11) is 0. The van der Waals surface area contributed by atoms with E-state index in [9.17, 15) is 14.7 Å². The molecule has 0 fully saturated rings. The highest BCUT2D eigenvalue weighted by molar-refractivity contribution is 9.10. The van der Waals surface area contributed by atoms with Gasteiger partial charge in [0.05, 0.1) is 16.5 Å². The topological polar surface area (TPSA) is 84.2 Å². The Balaban J connectivity index is 1.94. The van der Waals surface area contributed by atoms with Crippen molar-refractivity contribution in [2.24, 2.45) is 0 Å². The molecule has 1 aliphatic rings. The minimum absolute atomic E-state index is 0.0362. The van der Waals surface area contributed by atoms with Crippen molar-refractivity contribution in [3.63, 3.8) is 0 Å². The largest absolute Gasteiger partial charge is 0.396 e. The molecule has 4 rings (SSSR count). The predicted octanol–water partition coefficient (Wildman–Crippen LogP) is 3.03. The maximum atomic E-state index is 12.9. The van der Waals surface area contributed by atoms with Gasteiger partial charge in [0, 0.05) is 28.9 Å². The highest BCUT2D eigenvalue weighted by Gasteiger charge is 2.25. The number of nitrogens with one attached hydrogen (secondary N) is 1. The Morgan fingerprint density at radius 1 is 1.19 bits per heavy atom. The van der Waals surface area contributed by atoms with Crippen LogP contribution in [0.4, 0.5) is 5.69 Å². The molecular weight excluding hydrogens is 410 g/mol. The van der Waals surface area contributed by atoms with E-state index >= 15 is 0 Å². The number of hydrogen-bond donors (Lipinski definition) is 2. The molecule has 3 aromatic rings. The van der Waals surface area contributed by atoms with E-state index in [-0.39, 0.29) is 18.1 Å². The van der Waals surface area contributed by atoms with Crippen LogP contribution in [0.15, 0.2) is 51.7 Å². The van der Waals surface area contributed by atoms with E-state index in [2.05, 4.69) is 26.2 Å². The predicted molar refractivity (Wildman–Crippen MR) is 108 cm³/mol. The average molecular weight is 426 g/mol. The summed E-state index contributed by atoms with van der Waals surface area (Å²) in [6.45, 7) is 0.283. The zero-order valence-corrected chi connectivity index (χ0v) is 15.9. The number of aliphatic hydroxyl groups excluding tert-OH is 1. The summed E-state index contributed by atoms with van der Waals surface area (Å²) < 4.78 is 2.36. The van der Waals surface area contributed by atoms with E-state index < -0.39 is 0 Å². The Labute approximate surface area is 163 Å². The molecule has 0 saturated carbocycles. The number of amides is 1. The molecule has 1 aliphatic heterocycles. The second kappa shape index (κ2) is 7.09. The van der Waals surface area contributed by atoms with Crippen molar-refractivity contribution in [1.82, 2.24) is 9.55 Å². The lowest BCUT2D eigenvalue weighted by Gasteiger charge is -2.11. The first-order chi connectivity index (χ1) is 13.1. The number of benzene rings is 2. The molecule has 27 heavy (non-hydrogen) atoms. The van der Waals surface area contributed by atoms with Crippen molar-refractivity contribution in [2.45, 2.75) is 13.0 Å². The smallest absolute Gasteiger partial charge is 0.261 e. The Morgan fingerprint density at radius 3 is 2.81 bits per heavy atom. The summed E-state index contributed by atoms with van der Waals surface area (Å²) in [6.07, 6.45) is 2.06. The number of aromatic nitrogens is 2. The van der Waals surface area contributed by atoms with Crippen LogP contribution in [0.25, 0.3) is 22.6 Å². The minimum Gasteiger partial charge on any atom is -0.396 e. The molecule has 136 valence electrons. The highest BCUT2D eigenvalue weighted by atomic mass is 79.9. The normalized spacial score (nSPS) is 14.6. The summed E-state index contributed by atoms with van der Waals surface area (Å²) in [6, 6.07) is 12.6. The van der Waals surface area contributed by atoms with E-state index in [1.54, 1.807) is 24.3 Å². The van der Waals surface area contributed by atoms with Crippen LogP contribution in [0.3, 0.4) is 0 Å². The molecule has 0 bridgehead atoms. The minimum atomic E-state index is -0.237. The molecule has 6 nitrogen and oxygen atoms in total. The van der Waals surface area contributed by atoms with Gasteiger partial charge in [-0.1, -0.05) is 28.1 Å². The zero-order valence-electron chi connectivity index (χ0n) is 14.3. The Kier molecular flexibility index (Phi) is 4.63. The Morgan fingerprint density at radius 2 is 2.00 bits per heavy atom. The van der Waals surface area contributed by atoms with Gasteiger partial charge in [-0.05, 0) is 42.8 Å². The quantitative estimate of drug-likeness (QED) is 0.629. The van der Waals surface area contributed by atoms with Gasteiger partial charge in [-0.3, -0.25) is 14.2 Å². The lowest BCUT2D eigenvalue weighted by atomic mass is 10.1. The van der Waals surface area contributed by atoms with Crippen LogP contribution in [-0.2, 0) is 11.3 Å². The van der Waals surface area contributed by atoms with Gasteiger partial charge in [0.2, 0.25) is 0 Å². The van der Waals surface area contributed by atoms with Crippen LogP contribution in [0.1, 0.15) is 17.8 Å². The highest BCUT2D eigenvalue weighted by Crippen LogP contribution is 2.34. The number of halogens is 1.